The number of nitrogens with one attached hydrogen (secondary N) is 1. The van der Waals surface area contributed by atoms with Crippen molar-refractivity contribution in [1.29, 1.82) is 0 Å². The summed E-state index contributed by atoms with van der Waals surface area (Å²) in [4.78, 5) is 11.8. The first-order valence-corrected chi connectivity index (χ1v) is 8.42. The molecule has 0 aliphatic heterocycles. The van der Waals surface area contributed by atoms with Crippen LogP contribution in [0.25, 0.3) is 10.2 Å². The van der Waals surface area contributed by atoms with Crippen LogP contribution in [-0.4, -0.2) is 9.97 Å². The first-order valence-electron chi connectivity index (χ1n) is 7.60. The average Bonchev–Trinajstić information content (AvgIpc) is 2.78. The average molecular weight is 311 g/mol. The number of aromatic nitrogens is 2. The van der Waals surface area contributed by atoms with Gasteiger partial charge in [-0.15, -0.1) is 11.3 Å². The monoisotopic (exact) mass is 311 g/mol. The standard InChI is InChI=1S/C18H21N3S/c1-6-15-20-17(16-12(4)13(5)22-18(16)21-15)19-14-8-7-10(2)11(3)9-14/h7-9H,6H2,1-5H3,(H,19,20,21). The van der Waals surface area contributed by atoms with Crippen molar-refractivity contribution in [3.63, 3.8) is 0 Å². The molecule has 0 saturated carbocycles. The van der Waals surface area contributed by atoms with Crippen molar-refractivity contribution in [2.45, 2.75) is 41.0 Å². The lowest BCUT2D eigenvalue weighted by Crippen LogP contribution is -2.01. The molecule has 0 spiro atoms. The fraction of sp³-hybridized carbons (Fsp3) is 0.333. The lowest BCUT2D eigenvalue weighted by molar-refractivity contribution is 0.967. The third-order valence-electron chi connectivity index (χ3n) is 4.16. The minimum atomic E-state index is 0.841. The van der Waals surface area contributed by atoms with Gasteiger partial charge in [0.2, 0.25) is 0 Å². The Bertz CT molecular complexity index is 849. The molecule has 1 N–H and O–H groups in total. The second-order valence-corrected chi connectivity index (χ2v) is 6.93. The highest BCUT2D eigenvalue weighted by Crippen LogP contribution is 2.34. The molecule has 4 heteroatoms. The molecule has 0 saturated heterocycles. The first kappa shape index (κ1) is 15.0. The lowest BCUT2D eigenvalue weighted by atomic mass is 10.1. The maximum absolute atomic E-state index is 4.73. The van der Waals surface area contributed by atoms with E-state index in [2.05, 4.69) is 63.1 Å². The van der Waals surface area contributed by atoms with Gasteiger partial charge in [0.05, 0.1) is 5.39 Å². The van der Waals surface area contributed by atoms with Crippen LogP contribution in [0.2, 0.25) is 0 Å². The van der Waals surface area contributed by atoms with Gasteiger partial charge in [0, 0.05) is 17.0 Å². The van der Waals surface area contributed by atoms with Crippen LogP contribution in [0, 0.1) is 27.7 Å². The van der Waals surface area contributed by atoms with E-state index in [1.165, 1.54) is 21.6 Å². The Morgan fingerprint density at radius 1 is 1.05 bits per heavy atom. The Hall–Kier alpha value is -1.94. The van der Waals surface area contributed by atoms with Crippen molar-refractivity contribution in [3.05, 3.63) is 45.6 Å². The maximum atomic E-state index is 4.73. The van der Waals surface area contributed by atoms with E-state index in [1.807, 2.05) is 0 Å². The van der Waals surface area contributed by atoms with Crippen LogP contribution < -0.4 is 5.32 Å². The molecule has 0 aliphatic rings. The molecular weight excluding hydrogens is 290 g/mol. The van der Waals surface area contributed by atoms with Crippen LogP contribution in [-0.2, 0) is 6.42 Å². The molecule has 0 amide bonds. The van der Waals surface area contributed by atoms with E-state index in [0.29, 0.717) is 0 Å². The van der Waals surface area contributed by atoms with E-state index >= 15 is 0 Å². The highest BCUT2D eigenvalue weighted by molar-refractivity contribution is 7.18. The van der Waals surface area contributed by atoms with Crippen molar-refractivity contribution in [2.24, 2.45) is 0 Å². The highest BCUT2D eigenvalue weighted by atomic mass is 32.1. The predicted molar refractivity (Wildman–Crippen MR) is 95.5 cm³/mol. The summed E-state index contributed by atoms with van der Waals surface area (Å²) in [5.74, 6) is 1.81. The van der Waals surface area contributed by atoms with E-state index in [1.54, 1.807) is 11.3 Å². The highest BCUT2D eigenvalue weighted by Gasteiger charge is 2.14. The van der Waals surface area contributed by atoms with Gasteiger partial charge >= 0.3 is 0 Å². The van der Waals surface area contributed by atoms with E-state index in [9.17, 15) is 0 Å². The fourth-order valence-corrected chi connectivity index (χ4v) is 3.55. The van der Waals surface area contributed by atoms with Gasteiger partial charge < -0.3 is 5.32 Å². The maximum Gasteiger partial charge on any atom is 0.143 e. The molecule has 0 fully saturated rings. The third-order valence-corrected chi connectivity index (χ3v) is 5.26. The zero-order valence-electron chi connectivity index (χ0n) is 13.7. The van der Waals surface area contributed by atoms with E-state index in [-0.39, 0.29) is 0 Å². The molecule has 22 heavy (non-hydrogen) atoms. The summed E-state index contributed by atoms with van der Waals surface area (Å²) >= 11 is 1.75. The van der Waals surface area contributed by atoms with Crippen molar-refractivity contribution in [2.75, 3.05) is 5.32 Å². The molecule has 3 aromatic rings. The van der Waals surface area contributed by atoms with Crippen LogP contribution in [0.1, 0.15) is 34.3 Å². The molecule has 3 rings (SSSR count). The molecule has 3 nitrogen and oxygen atoms in total. The minimum Gasteiger partial charge on any atom is -0.340 e. The molecule has 2 heterocycles. The van der Waals surface area contributed by atoms with Crippen LogP contribution in [0.15, 0.2) is 18.2 Å². The minimum absolute atomic E-state index is 0.841. The number of aryl methyl sites for hydroxylation is 5. The number of anilines is 2. The second-order valence-electron chi connectivity index (χ2n) is 5.73. The van der Waals surface area contributed by atoms with Crippen LogP contribution >= 0.6 is 11.3 Å². The molecule has 0 unspecified atom stereocenters. The summed E-state index contributed by atoms with van der Waals surface area (Å²) < 4.78 is 0. The Morgan fingerprint density at radius 2 is 1.82 bits per heavy atom. The van der Waals surface area contributed by atoms with Gasteiger partial charge in [-0.2, -0.15) is 0 Å². The number of benzene rings is 1. The number of fused-ring (bicyclic) bond motifs is 1. The fourth-order valence-electron chi connectivity index (χ4n) is 2.50. The summed E-state index contributed by atoms with van der Waals surface area (Å²) in [6.45, 7) is 10.6. The summed E-state index contributed by atoms with van der Waals surface area (Å²) in [5.41, 5.74) is 4.93. The lowest BCUT2D eigenvalue weighted by Gasteiger charge is -2.11. The van der Waals surface area contributed by atoms with Gasteiger partial charge in [-0.25, -0.2) is 9.97 Å². The van der Waals surface area contributed by atoms with Crippen LogP contribution in [0.3, 0.4) is 0 Å². The van der Waals surface area contributed by atoms with E-state index in [4.69, 9.17) is 4.98 Å². The largest absolute Gasteiger partial charge is 0.340 e. The summed E-state index contributed by atoms with van der Waals surface area (Å²) in [5, 5.41) is 4.65. The molecule has 114 valence electrons. The van der Waals surface area contributed by atoms with Gasteiger partial charge in [0.1, 0.15) is 16.5 Å². The zero-order valence-corrected chi connectivity index (χ0v) is 14.6. The Kier molecular flexibility index (Phi) is 3.87. The molecule has 0 radical (unpaired) electrons. The zero-order chi connectivity index (χ0) is 15.9. The molecule has 0 atom stereocenters. The SMILES string of the molecule is CCc1nc(Nc2ccc(C)c(C)c2)c2c(C)c(C)sc2n1. The smallest absolute Gasteiger partial charge is 0.143 e. The van der Waals surface area contributed by atoms with Gasteiger partial charge in [-0.3, -0.25) is 0 Å². The van der Waals surface area contributed by atoms with Gasteiger partial charge in [-0.1, -0.05) is 13.0 Å². The summed E-state index contributed by atoms with van der Waals surface area (Å²) in [6, 6.07) is 6.42. The Balaban J connectivity index is 2.13. The molecule has 0 bridgehead atoms. The number of hydrogen-bond donors (Lipinski definition) is 1. The number of nitrogens with zero attached hydrogens (tertiary/aromatic N) is 2. The van der Waals surface area contributed by atoms with Gasteiger partial charge in [0.15, 0.2) is 0 Å². The summed E-state index contributed by atoms with van der Waals surface area (Å²) in [7, 11) is 0. The topological polar surface area (TPSA) is 37.8 Å². The van der Waals surface area contributed by atoms with Crippen LogP contribution in [0.5, 0.6) is 0 Å². The molecule has 0 aliphatic carbocycles. The predicted octanol–water partition coefficient (Wildman–Crippen LogP) is 5.23. The normalized spacial score (nSPS) is 11.1. The van der Waals surface area contributed by atoms with Crippen molar-refractivity contribution < 1.29 is 0 Å². The Labute approximate surface area is 135 Å². The number of hydrogen-bond acceptors (Lipinski definition) is 4. The van der Waals surface area contributed by atoms with Crippen molar-refractivity contribution >= 4 is 33.1 Å². The number of rotatable bonds is 3. The quantitative estimate of drug-likeness (QED) is 0.719. The summed E-state index contributed by atoms with van der Waals surface area (Å²) in [6.07, 6.45) is 0.841. The van der Waals surface area contributed by atoms with E-state index in [0.717, 1.165) is 34.0 Å². The second kappa shape index (κ2) is 5.69. The number of thiophene rings is 1. The first-order chi connectivity index (χ1) is 10.5. The van der Waals surface area contributed by atoms with Crippen LogP contribution in [0.4, 0.5) is 11.5 Å². The Morgan fingerprint density at radius 3 is 2.50 bits per heavy atom. The van der Waals surface area contributed by atoms with Crippen molar-refractivity contribution in [3.8, 4) is 0 Å². The van der Waals surface area contributed by atoms with Crippen molar-refractivity contribution in [1.82, 2.24) is 9.97 Å². The molecule has 2 aromatic heterocycles. The third kappa shape index (κ3) is 2.59. The molecular formula is C18H21N3S. The van der Waals surface area contributed by atoms with Gasteiger partial charge in [-0.05, 0) is 56.5 Å². The van der Waals surface area contributed by atoms with Gasteiger partial charge in [0.25, 0.3) is 0 Å². The van der Waals surface area contributed by atoms with E-state index < -0.39 is 0 Å². The molecule has 1 aromatic carbocycles.